The minimum atomic E-state index is -1.43. The van der Waals surface area contributed by atoms with Crippen LogP contribution in [0.15, 0.2) is 65.9 Å². The Morgan fingerprint density at radius 3 is 2.51 bits per heavy atom. The summed E-state index contributed by atoms with van der Waals surface area (Å²) in [6, 6.07) is 11.0. The van der Waals surface area contributed by atoms with Crippen molar-refractivity contribution >= 4 is 17.6 Å². The van der Waals surface area contributed by atoms with Gasteiger partial charge in [0.15, 0.2) is 6.10 Å². The molecule has 0 radical (unpaired) electrons. The standard InChI is InChI=1S/C26H27FN4O4/c27-22-9-6-18(15-21(22)26(34)31-10-12-35-13-11-31)17-2-1-3-19(14-17)23(32)25(33)30-20-7-4-16(5-8-20)24(28)29/h1-4,6-7,9,14-15,23,32H,5,8,10-13H2,(H3,28,29)(H,30,33). The van der Waals surface area contributed by atoms with Crippen LogP contribution in [0.25, 0.3) is 11.1 Å². The molecule has 0 spiro atoms. The number of aliphatic hydroxyl groups excluding tert-OH is 1. The molecule has 2 amide bonds. The van der Waals surface area contributed by atoms with Crippen LogP contribution in [0, 0.1) is 11.2 Å². The molecule has 35 heavy (non-hydrogen) atoms. The van der Waals surface area contributed by atoms with Gasteiger partial charge in [0.2, 0.25) is 0 Å². The molecule has 1 heterocycles. The third kappa shape index (κ3) is 5.64. The van der Waals surface area contributed by atoms with Crippen LogP contribution in [-0.2, 0) is 9.53 Å². The highest BCUT2D eigenvalue weighted by atomic mass is 19.1. The smallest absolute Gasteiger partial charge is 0.257 e. The average molecular weight is 479 g/mol. The predicted octanol–water partition coefficient (Wildman–Crippen LogP) is 2.65. The van der Waals surface area contributed by atoms with Gasteiger partial charge in [0, 0.05) is 18.8 Å². The van der Waals surface area contributed by atoms with Gasteiger partial charge in [-0.3, -0.25) is 15.0 Å². The molecule has 1 aliphatic carbocycles. The summed E-state index contributed by atoms with van der Waals surface area (Å²) in [4.78, 5) is 27.0. The molecule has 0 bridgehead atoms. The molecule has 2 aliphatic rings. The number of nitrogens with zero attached hydrogens (tertiary/aromatic N) is 1. The minimum Gasteiger partial charge on any atom is -0.384 e. The summed E-state index contributed by atoms with van der Waals surface area (Å²) in [5.41, 5.74) is 8.36. The molecule has 0 aromatic heterocycles. The number of amides is 2. The number of carbonyl (C=O) groups is 2. The van der Waals surface area contributed by atoms with Crippen LogP contribution in [0.2, 0.25) is 0 Å². The first-order chi connectivity index (χ1) is 16.8. The Morgan fingerprint density at radius 2 is 1.83 bits per heavy atom. The highest BCUT2D eigenvalue weighted by Gasteiger charge is 2.23. The summed E-state index contributed by atoms with van der Waals surface area (Å²) in [6.07, 6.45) is 2.96. The number of benzene rings is 2. The zero-order chi connectivity index (χ0) is 24.9. The number of halogens is 1. The van der Waals surface area contributed by atoms with Crippen LogP contribution in [0.1, 0.15) is 34.9 Å². The first-order valence-corrected chi connectivity index (χ1v) is 11.3. The fraction of sp³-hybridized carbons (Fsp3) is 0.269. The van der Waals surface area contributed by atoms with Gasteiger partial charge in [-0.25, -0.2) is 4.39 Å². The number of aliphatic hydroxyl groups is 1. The summed E-state index contributed by atoms with van der Waals surface area (Å²) in [6.45, 7) is 1.64. The van der Waals surface area contributed by atoms with Crippen molar-refractivity contribution in [1.29, 1.82) is 5.41 Å². The van der Waals surface area contributed by atoms with E-state index in [0.29, 0.717) is 67.1 Å². The number of morpholine rings is 1. The molecule has 8 nitrogen and oxygen atoms in total. The number of allylic oxidation sites excluding steroid dienone is 3. The molecule has 1 saturated heterocycles. The Hall–Kier alpha value is -3.82. The van der Waals surface area contributed by atoms with Crippen LogP contribution in [0.3, 0.4) is 0 Å². The van der Waals surface area contributed by atoms with Gasteiger partial charge in [0.25, 0.3) is 11.8 Å². The Morgan fingerprint density at radius 1 is 1.09 bits per heavy atom. The summed E-state index contributed by atoms with van der Waals surface area (Å²) in [5.74, 6) is -1.59. The first kappa shape index (κ1) is 24.3. The highest BCUT2D eigenvalue weighted by molar-refractivity contribution is 5.96. The van der Waals surface area contributed by atoms with E-state index in [-0.39, 0.29) is 11.4 Å². The summed E-state index contributed by atoms with van der Waals surface area (Å²) >= 11 is 0. The zero-order valence-corrected chi connectivity index (χ0v) is 19.1. The monoisotopic (exact) mass is 478 g/mol. The van der Waals surface area contributed by atoms with Crippen molar-refractivity contribution in [3.8, 4) is 11.1 Å². The van der Waals surface area contributed by atoms with Gasteiger partial charge in [0.1, 0.15) is 11.7 Å². The number of hydrogen-bond donors (Lipinski definition) is 4. The van der Waals surface area contributed by atoms with Gasteiger partial charge in [-0.1, -0.05) is 30.3 Å². The SMILES string of the molecule is N=C(N)C1=CC=C(NC(=O)C(O)c2cccc(-c3ccc(F)c(C(=O)N4CCOCC4)c3)c2)CC1. The number of ether oxygens (including phenoxy) is 1. The third-order valence-corrected chi connectivity index (χ3v) is 6.06. The van der Waals surface area contributed by atoms with E-state index in [2.05, 4.69) is 5.32 Å². The fourth-order valence-electron chi connectivity index (χ4n) is 4.04. The van der Waals surface area contributed by atoms with Crippen molar-refractivity contribution in [2.45, 2.75) is 18.9 Å². The topological polar surface area (TPSA) is 129 Å². The number of hydrogen-bond acceptors (Lipinski definition) is 5. The highest BCUT2D eigenvalue weighted by Crippen LogP contribution is 2.27. The van der Waals surface area contributed by atoms with E-state index < -0.39 is 23.7 Å². The normalized spacial score (nSPS) is 16.7. The maximum Gasteiger partial charge on any atom is 0.257 e. The molecule has 0 saturated carbocycles. The molecule has 1 aliphatic heterocycles. The minimum absolute atomic E-state index is 0.000859. The molecule has 2 aromatic rings. The number of nitrogens with two attached hydrogens (primary N) is 1. The lowest BCUT2D eigenvalue weighted by Gasteiger charge is -2.27. The van der Waals surface area contributed by atoms with E-state index >= 15 is 0 Å². The van der Waals surface area contributed by atoms with Crippen molar-refractivity contribution in [3.63, 3.8) is 0 Å². The van der Waals surface area contributed by atoms with Gasteiger partial charge in [0.05, 0.1) is 18.8 Å². The van der Waals surface area contributed by atoms with E-state index in [1.54, 1.807) is 47.4 Å². The van der Waals surface area contributed by atoms with Crippen LogP contribution in [0.4, 0.5) is 4.39 Å². The summed E-state index contributed by atoms with van der Waals surface area (Å²) < 4.78 is 19.8. The maximum atomic E-state index is 14.5. The van der Waals surface area contributed by atoms with Crippen LogP contribution in [0.5, 0.6) is 0 Å². The largest absolute Gasteiger partial charge is 0.384 e. The second-order valence-electron chi connectivity index (χ2n) is 8.41. The molecule has 5 N–H and O–H groups in total. The predicted molar refractivity (Wildman–Crippen MR) is 129 cm³/mol. The lowest BCUT2D eigenvalue weighted by atomic mass is 9.98. The maximum absolute atomic E-state index is 14.5. The van der Waals surface area contributed by atoms with Crippen LogP contribution in [-0.4, -0.2) is 54.0 Å². The molecule has 9 heteroatoms. The molecule has 1 fully saturated rings. The molecular formula is C26H27FN4O4. The van der Waals surface area contributed by atoms with Gasteiger partial charge in [-0.15, -0.1) is 0 Å². The number of nitrogens with one attached hydrogen (secondary N) is 2. The average Bonchev–Trinajstić information content (AvgIpc) is 2.89. The quantitative estimate of drug-likeness (QED) is 0.375. The summed E-state index contributed by atoms with van der Waals surface area (Å²) in [7, 11) is 0. The molecule has 182 valence electrons. The van der Waals surface area contributed by atoms with E-state index in [9.17, 15) is 19.1 Å². The van der Waals surface area contributed by atoms with Crippen molar-refractivity contribution in [2.24, 2.45) is 5.73 Å². The zero-order valence-electron chi connectivity index (χ0n) is 19.1. The third-order valence-electron chi connectivity index (χ3n) is 6.06. The van der Waals surface area contributed by atoms with Gasteiger partial charge < -0.3 is 25.8 Å². The van der Waals surface area contributed by atoms with Crippen molar-refractivity contribution in [1.82, 2.24) is 10.2 Å². The van der Waals surface area contributed by atoms with Gasteiger partial charge in [-0.2, -0.15) is 0 Å². The fourth-order valence-corrected chi connectivity index (χ4v) is 4.04. The Bertz CT molecular complexity index is 1220. The molecule has 4 rings (SSSR count). The van der Waals surface area contributed by atoms with Crippen LogP contribution < -0.4 is 11.1 Å². The van der Waals surface area contributed by atoms with Crippen molar-refractivity contribution in [3.05, 3.63) is 82.8 Å². The van der Waals surface area contributed by atoms with Crippen LogP contribution >= 0.6 is 0 Å². The Balaban J connectivity index is 1.51. The molecule has 2 aromatic carbocycles. The van der Waals surface area contributed by atoms with Gasteiger partial charge in [-0.05, 0) is 59.4 Å². The van der Waals surface area contributed by atoms with Crippen molar-refractivity contribution in [2.75, 3.05) is 26.3 Å². The van der Waals surface area contributed by atoms with Crippen molar-refractivity contribution < 1.29 is 23.8 Å². The second kappa shape index (κ2) is 10.6. The second-order valence-corrected chi connectivity index (χ2v) is 8.41. The summed E-state index contributed by atoms with van der Waals surface area (Å²) in [5, 5.41) is 20.8. The molecule has 1 unspecified atom stereocenters. The van der Waals surface area contributed by atoms with E-state index in [1.807, 2.05) is 0 Å². The number of carbonyl (C=O) groups excluding carboxylic acids is 2. The van der Waals surface area contributed by atoms with E-state index in [0.717, 1.165) is 0 Å². The molecule has 1 atom stereocenters. The Labute approximate surface area is 202 Å². The number of rotatable bonds is 6. The Kier molecular flexibility index (Phi) is 7.38. The lowest BCUT2D eigenvalue weighted by molar-refractivity contribution is -0.128. The molecular weight excluding hydrogens is 451 g/mol. The van der Waals surface area contributed by atoms with E-state index in [4.69, 9.17) is 15.9 Å². The lowest BCUT2D eigenvalue weighted by Crippen LogP contribution is -2.41. The number of amidine groups is 1. The first-order valence-electron chi connectivity index (χ1n) is 11.3. The van der Waals surface area contributed by atoms with Gasteiger partial charge >= 0.3 is 0 Å². The van der Waals surface area contributed by atoms with E-state index in [1.165, 1.54) is 12.1 Å².